The number of nitrogens with one attached hydrogen (secondary N) is 1. The molecule has 2 N–H and O–H groups in total. The van der Waals surface area contributed by atoms with Crippen molar-refractivity contribution < 1.29 is 9.90 Å². The Morgan fingerprint density at radius 1 is 1.16 bits per heavy atom. The van der Waals surface area contributed by atoms with Crippen LogP contribution in [0.2, 0.25) is 0 Å². The number of aromatic hydroxyl groups is 1. The second kappa shape index (κ2) is 7.23. The van der Waals surface area contributed by atoms with E-state index in [1.165, 1.54) is 24.3 Å². The fourth-order valence-corrected chi connectivity index (χ4v) is 2.85. The Morgan fingerprint density at radius 3 is 2.64 bits per heavy atom. The minimum Gasteiger partial charge on any atom is -0.507 e. The summed E-state index contributed by atoms with van der Waals surface area (Å²) in [6.07, 6.45) is 3.42. The largest absolute Gasteiger partial charge is 0.507 e. The van der Waals surface area contributed by atoms with Crippen LogP contribution in [0.5, 0.6) is 5.75 Å². The van der Waals surface area contributed by atoms with Crippen LogP contribution >= 0.6 is 11.3 Å². The van der Waals surface area contributed by atoms with E-state index in [1.54, 1.807) is 29.9 Å². The Balaban J connectivity index is 1.81. The van der Waals surface area contributed by atoms with Gasteiger partial charge in [-0.3, -0.25) is 15.2 Å². The first kappa shape index (κ1) is 16.8. The van der Waals surface area contributed by atoms with Gasteiger partial charge < -0.3 is 5.11 Å². The van der Waals surface area contributed by atoms with Crippen molar-refractivity contribution in [1.82, 2.24) is 9.97 Å². The van der Waals surface area contributed by atoms with E-state index in [1.807, 2.05) is 19.1 Å². The molecule has 0 saturated carbocycles. The molecule has 0 aliphatic heterocycles. The van der Waals surface area contributed by atoms with Gasteiger partial charge in [0.05, 0.1) is 11.4 Å². The number of rotatable bonds is 5. The number of phenolic OH excluding ortho intramolecular Hbond substituents is 1. The normalized spacial score (nSPS) is 11.4. The fraction of sp³-hybridized carbons (Fsp3) is 0.111. The first-order valence-electron chi connectivity index (χ1n) is 7.55. The van der Waals surface area contributed by atoms with E-state index in [9.17, 15) is 9.90 Å². The molecule has 126 valence electrons. The predicted molar refractivity (Wildman–Crippen MR) is 99.3 cm³/mol. The number of hydrazone groups is 1. The summed E-state index contributed by atoms with van der Waals surface area (Å²) in [5, 5.41) is 16.8. The summed E-state index contributed by atoms with van der Waals surface area (Å²) in [5.41, 5.74) is 6.32. The Hall–Kier alpha value is -3.06. The Kier molecular flexibility index (Phi) is 4.85. The lowest BCUT2D eigenvalue weighted by Gasteiger charge is -2.03. The number of aromatic nitrogens is 2. The van der Waals surface area contributed by atoms with Crippen molar-refractivity contribution in [1.29, 1.82) is 0 Å². The standard InChI is InChI=1S/C18H16N4O2S/c1-11(13-5-7-19-8-6-13)21-22-18-20-16(10-25-18)15-9-14(12(2)23)3-4-17(15)24/h3-10,24H,1-2H3,(H,20,22)/b21-11+. The fourth-order valence-electron chi connectivity index (χ4n) is 2.20. The molecule has 3 rings (SSSR count). The highest BCUT2D eigenvalue weighted by Crippen LogP contribution is 2.32. The quantitative estimate of drug-likeness (QED) is 0.412. The van der Waals surface area contributed by atoms with Gasteiger partial charge in [-0.15, -0.1) is 11.3 Å². The lowest BCUT2D eigenvalue weighted by Crippen LogP contribution is -1.99. The third-order valence-electron chi connectivity index (χ3n) is 3.60. The molecule has 3 aromatic rings. The van der Waals surface area contributed by atoms with Gasteiger partial charge in [0.15, 0.2) is 5.78 Å². The number of nitrogens with zero attached hydrogens (tertiary/aromatic N) is 3. The van der Waals surface area contributed by atoms with Gasteiger partial charge in [0.2, 0.25) is 5.13 Å². The Labute approximate surface area is 148 Å². The van der Waals surface area contributed by atoms with Gasteiger partial charge in [-0.2, -0.15) is 5.10 Å². The molecule has 0 radical (unpaired) electrons. The van der Waals surface area contributed by atoms with Crippen molar-refractivity contribution in [3.63, 3.8) is 0 Å². The molecule has 0 fully saturated rings. The third kappa shape index (κ3) is 3.89. The molecule has 2 heterocycles. The van der Waals surface area contributed by atoms with Gasteiger partial charge >= 0.3 is 0 Å². The number of carbonyl (C=O) groups is 1. The number of Topliss-reactive ketones (excluding diaryl/α,β-unsaturated/α-hetero) is 1. The van der Waals surface area contributed by atoms with Crippen molar-refractivity contribution in [3.05, 3.63) is 59.2 Å². The minimum absolute atomic E-state index is 0.0626. The lowest BCUT2D eigenvalue weighted by atomic mass is 10.1. The zero-order valence-electron chi connectivity index (χ0n) is 13.7. The molecule has 0 saturated heterocycles. The van der Waals surface area contributed by atoms with Crippen LogP contribution in [-0.2, 0) is 0 Å². The van der Waals surface area contributed by atoms with Crippen molar-refractivity contribution in [3.8, 4) is 17.0 Å². The monoisotopic (exact) mass is 352 g/mol. The molecule has 0 aliphatic carbocycles. The molecular weight excluding hydrogens is 336 g/mol. The summed E-state index contributed by atoms with van der Waals surface area (Å²) < 4.78 is 0. The average molecular weight is 352 g/mol. The highest BCUT2D eigenvalue weighted by atomic mass is 32.1. The van der Waals surface area contributed by atoms with Crippen molar-refractivity contribution in [2.75, 3.05) is 5.43 Å². The summed E-state index contributed by atoms with van der Waals surface area (Å²) >= 11 is 1.37. The molecule has 2 aromatic heterocycles. The Bertz CT molecular complexity index is 935. The van der Waals surface area contributed by atoms with Gasteiger partial charge in [-0.1, -0.05) is 0 Å². The maximum absolute atomic E-state index is 11.5. The number of anilines is 1. The molecule has 0 atom stereocenters. The second-order valence-corrected chi connectivity index (χ2v) is 6.23. The van der Waals surface area contributed by atoms with E-state index < -0.39 is 0 Å². The van der Waals surface area contributed by atoms with Crippen molar-refractivity contribution in [2.24, 2.45) is 5.10 Å². The van der Waals surface area contributed by atoms with Crippen LogP contribution in [0.1, 0.15) is 29.8 Å². The summed E-state index contributed by atoms with van der Waals surface area (Å²) in [6, 6.07) is 8.49. The number of ketones is 1. The SMILES string of the molecule is CC(=O)c1ccc(O)c(-c2csc(N/N=C(\C)c3ccncc3)n2)c1. The van der Waals surface area contributed by atoms with Crippen molar-refractivity contribution in [2.45, 2.75) is 13.8 Å². The van der Waals surface area contributed by atoms with Crippen LogP contribution < -0.4 is 5.43 Å². The summed E-state index contributed by atoms with van der Waals surface area (Å²) in [4.78, 5) is 19.9. The Morgan fingerprint density at radius 2 is 1.92 bits per heavy atom. The van der Waals surface area contributed by atoms with Crippen molar-refractivity contribution >= 4 is 28.0 Å². The zero-order chi connectivity index (χ0) is 17.8. The summed E-state index contributed by atoms with van der Waals surface area (Å²) in [5.74, 6) is 0.0192. The lowest BCUT2D eigenvalue weighted by molar-refractivity contribution is 0.101. The van der Waals surface area contributed by atoms with E-state index in [-0.39, 0.29) is 11.5 Å². The van der Waals surface area contributed by atoms with Crippen LogP contribution in [0, 0.1) is 0 Å². The molecule has 0 bridgehead atoms. The molecular formula is C18H16N4O2S. The maximum Gasteiger partial charge on any atom is 0.203 e. The molecule has 6 nitrogen and oxygen atoms in total. The summed E-state index contributed by atoms with van der Waals surface area (Å²) in [6.45, 7) is 3.37. The van der Waals surface area contributed by atoms with E-state index in [2.05, 4.69) is 20.5 Å². The second-order valence-electron chi connectivity index (χ2n) is 5.37. The molecule has 0 aliphatic rings. The average Bonchev–Trinajstić information content (AvgIpc) is 3.09. The zero-order valence-corrected chi connectivity index (χ0v) is 14.5. The third-order valence-corrected chi connectivity index (χ3v) is 4.35. The van der Waals surface area contributed by atoms with E-state index in [0.717, 1.165) is 11.3 Å². The van der Waals surface area contributed by atoms with Gasteiger partial charge in [0.25, 0.3) is 0 Å². The van der Waals surface area contributed by atoms with Crippen LogP contribution in [0.3, 0.4) is 0 Å². The molecule has 0 amide bonds. The highest BCUT2D eigenvalue weighted by molar-refractivity contribution is 7.14. The predicted octanol–water partition coefficient (Wildman–Crippen LogP) is 3.95. The number of carbonyl (C=O) groups excluding carboxylic acids is 1. The smallest absolute Gasteiger partial charge is 0.203 e. The highest BCUT2D eigenvalue weighted by Gasteiger charge is 2.11. The molecule has 1 aromatic carbocycles. The minimum atomic E-state index is -0.0626. The van der Waals surface area contributed by atoms with Gasteiger partial charge in [0, 0.05) is 34.5 Å². The number of benzene rings is 1. The first-order valence-corrected chi connectivity index (χ1v) is 8.43. The van der Waals surface area contributed by atoms with Gasteiger partial charge in [-0.25, -0.2) is 4.98 Å². The van der Waals surface area contributed by atoms with Crippen LogP contribution in [0.15, 0.2) is 53.2 Å². The summed E-state index contributed by atoms with van der Waals surface area (Å²) in [7, 11) is 0. The number of pyridine rings is 1. The van der Waals surface area contributed by atoms with Crippen LogP contribution in [0.25, 0.3) is 11.3 Å². The topological polar surface area (TPSA) is 87.5 Å². The molecule has 7 heteroatoms. The van der Waals surface area contributed by atoms with E-state index >= 15 is 0 Å². The molecule has 25 heavy (non-hydrogen) atoms. The van der Waals surface area contributed by atoms with Crippen LogP contribution in [0.4, 0.5) is 5.13 Å². The maximum atomic E-state index is 11.5. The number of hydrogen-bond donors (Lipinski definition) is 2. The number of thiazole rings is 1. The first-order chi connectivity index (χ1) is 12.0. The molecule has 0 spiro atoms. The van der Waals surface area contributed by atoms with E-state index in [4.69, 9.17) is 0 Å². The number of phenols is 1. The van der Waals surface area contributed by atoms with Gasteiger partial charge in [0.1, 0.15) is 5.75 Å². The van der Waals surface area contributed by atoms with Gasteiger partial charge in [-0.05, 0) is 44.2 Å². The van der Waals surface area contributed by atoms with E-state index in [0.29, 0.717) is 22.0 Å². The molecule has 0 unspecified atom stereocenters. The number of hydrogen-bond acceptors (Lipinski definition) is 7. The van der Waals surface area contributed by atoms with Crippen LogP contribution in [-0.4, -0.2) is 26.6 Å².